The van der Waals surface area contributed by atoms with Gasteiger partial charge in [0.1, 0.15) is 0 Å². The number of fused-ring (bicyclic) bond motifs is 1. The van der Waals surface area contributed by atoms with Crippen molar-refractivity contribution in [3.05, 3.63) is 70.4 Å². The fourth-order valence-electron chi connectivity index (χ4n) is 2.38. The molecule has 0 aliphatic heterocycles. The van der Waals surface area contributed by atoms with Crippen LogP contribution in [0.1, 0.15) is 26.3 Å². The Morgan fingerprint density at radius 2 is 1.57 bits per heavy atom. The van der Waals surface area contributed by atoms with E-state index in [0.29, 0.717) is 0 Å². The highest BCUT2D eigenvalue weighted by atomic mass is 32.1. The lowest BCUT2D eigenvalue weighted by Crippen LogP contribution is -2.10. The third-order valence-corrected chi connectivity index (χ3v) is 4.82. The zero-order chi connectivity index (χ0) is 15.0. The SMILES string of the molecule is CC(C)(C)c1ccc(-c2cc(=O)c3ccccc3s2)cc1. The number of hydrogen-bond acceptors (Lipinski definition) is 2. The standard InChI is InChI=1S/C19H18OS/c1-19(2,3)14-10-8-13(9-11-14)18-12-16(20)15-6-4-5-7-17(15)21-18/h4-12H,1-3H3. The fourth-order valence-corrected chi connectivity index (χ4v) is 3.46. The highest BCUT2D eigenvalue weighted by Gasteiger charge is 2.13. The van der Waals surface area contributed by atoms with Crippen LogP contribution in [0, 0.1) is 0 Å². The van der Waals surface area contributed by atoms with Gasteiger partial charge in [-0.1, -0.05) is 57.2 Å². The van der Waals surface area contributed by atoms with Crippen molar-refractivity contribution < 1.29 is 0 Å². The Morgan fingerprint density at radius 3 is 2.24 bits per heavy atom. The average molecular weight is 294 g/mol. The smallest absolute Gasteiger partial charge is 0.188 e. The van der Waals surface area contributed by atoms with E-state index in [1.807, 2.05) is 24.3 Å². The van der Waals surface area contributed by atoms with Crippen molar-refractivity contribution in [2.45, 2.75) is 26.2 Å². The van der Waals surface area contributed by atoms with Crippen LogP contribution < -0.4 is 5.43 Å². The monoisotopic (exact) mass is 294 g/mol. The quantitative estimate of drug-likeness (QED) is 0.601. The van der Waals surface area contributed by atoms with Gasteiger partial charge in [-0.05, 0) is 28.7 Å². The van der Waals surface area contributed by atoms with Gasteiger partial charge in [-0.25, -0.2) is 0 Å². The highest BCUT2D eigenvalue weighted by molar-refractivity contribution is 7.21. The molecule has 0 N–H and O–H groups in total. The van der Waals surface area contributed by atoms with Crippen LogP contribution in [-0.4, -0.2) is 0 Å². The molecule has 106 valence electrons. The Bertz CT molecular complexity index is 836. The van der Waals surface area contributed by atoms with Crippen LogP contribution in [0.2, 0.25) is 0 Å². The van der Waals surface area contributed by atoms with E-state index in [1.54, 1.807) is 17.4 Å². The molecular formula is C19H18OS. The van der Waals surface area contributed by atoms with Crippen molar-refractivity contribution >= 4 is 21.4 Å². The van der Waals surface area contributed by atoms with Gasteiger partial charge in [0.25, 0.3) is 0 Å². The van der Waals surface area contributed by atoms with E-state index >= 15 is 0 Å². The number of hydrogen-bond donors (Lipinski definition) is 0. The Kier molecular flexibility index (Phi) is 3.42. The van der Waals surface area contributed by atoms with Crippen molar-refractivity contribution in [3.63, 3.8) is 0 Å². The summed E-state index contributed by atoms with van der Waals surface area (Å²) in [7, 11) is 0. The molecule has 0 atom stereocenters. The zero-order valence-corrected chi connectivity index (χ0v) is 13.3. The molecule has 1 nitrogen and oxygen atoms in total. The second-order valence-electron chi connectivity index (χ2n) is 6.30. The molecule has 0 bridgehead atoms. The summed E-state index contributed by atoms with van der Waals surface area (Å²) in [5.74, 6) is 0. The van der Waals surface area contributed by atoms with Crippen molar-refractivity contribution in [1.82, 2.24) is 0 Å². The molecule has 0 spiro atoms. The maximum atomic E-state index is 12.2. The molecule has 0 unspecified atom stereocenters. The first-order valence-electron chi connectivity index (χ1n) is 7.09. The van der Waals surface area contributed by atoms with Gasteiger partial charge >= 0.3 is 0 Å². The van der Waals surface area contributed by atoms with Gasteiger partial charge in [0.15, 0.2) is 5.43 Å². The minimum Gasteiger partial charge on any atom is -0.289 e. The van der Waals surface area contributed by atoms with E-state index in [9.17, 15) is 4.79 Å². The minimum atomic E-state index is 0.0965. The third kappa shape index (κ3) is 2.77. The maximum absolute atomic E-state index is 12.2. The van der Waals surface area contributed by atoms with E-state index in [4.69, 9.17) is 0 Å². The van der Waals surface area contributed by atoms with E-state index in [-0.39, 0.29) is 10.8 Å². The molecule has 1 aromatic heterocycles. The summed E-state index contributed by atoms with van der Waals surface area (Å²) in [5, 5.41) is 0.803. The van der Waals surface area contributed by atoms with Crippen LogP contribution in [-0.2, 0) is 5.41 Å². The van der Waals surface area contributed by atoms with Crippen LogP contribution >= 0.6 is 11.3 Å². The van der Waals surface area contributed by atoms with Gasteiger partial charge in [0, 0.05) is 21.0 Å². The second-order valence-corrected chi connectivity index (χ2v) is 7.38. The van der Waals surface area contributed by atoms with Gasteiger partial charge in [-0.3, -0.25) is 4.79 Å². The Hall–Kier alpha value is -1.93. The topological polar surface area (TPSA) is 17.1 Å². The van der Waals surface area contributed by atoms with Gasteiger partial charge in [-0.15, -0.1) is 11.3 Å². The largest absolute Gasteiger partial charge is 0.289 e. The molecule has 0 aliphatic carbocycles. The maximum Gasteiger partial charge on any atom is 0.188 e. The number of rotatable bonds is 1. The van der Waals surface area contributed by atoms with E-state index in [1.165, 1.54) is 5.56 Å². The minimum absolute atomic E-state index is 0.0965. The zero-order valence-electron chi connectivity index (χ0n) is 12.5. The van der Waals surface area contributed by atoms with Crippen LogP contribution in [0.5, 0.6) is 0 Å². The summed E-state index contributed by atoms with van der Waals surface area (Å²) >= 11 is 1.67. The first-order valence-corrected chi connectivity index (χ1v) is 7.90. The van der Waals surface area contributed by atoms with Crippen LogP contribution in [0.25, 0.3) is 20.5 Å². The summed E-state index contributed by atoms with van der Waals surface area (Å²) < 4.78 is 1.04. The van der Waals surface area contributed by atoms with Crippen molar-refractivity contribution in [2.24, 2.45) is 0 Å². The summed E-state index contributed by atoms with van der Waals surface area (Å²) in [4.78, 5) is 13.2. The molecule has 21 heavy (non-hydrogen) atoms. The molecule has 0 amide bonds. The molecule has 0 fully saturated rings. The van der Waals surface area contributed by atoms with E-state index in [0.717, 1.165) is 20.5 Å². The van der Waals surface area contributed by atoms with Crippen LogP contribution in [0.4, 0.5) is 0 Å². The normalized spacial score (nSPS) is 11.8. The predicted octanol–water partition coefficient (Wildman–Crippen LogP) is 5.23. The third-order valence-electron chi connectivity index (χ3n) is 3.67. The van der Waals surface area contributed by atoms with Gasteiger partial charge in [0.05, 0.1) is 0 Å². The van der Waals surface area contributed by atoms with Gasteiger partial charge < -0.3 is 0 Å². The van der Waals surface area contributed by atoms with Gasteiger partial charge in [-0.2, -0.15) is 0 Å². The molecule has 3 rings (SSSR count). The lowest BCUT2D eigenvalue weighted by atomic mass is 9.86. The summed E-state index contributed by atoms with van der Waals surface area (Å²) in [5.41, 5.74) is 2.66. The molecule has 2 heteroatoms. The molecule has 1 heterocycles. The fraction of sp³-hybridized carbons (Fsp3) is 0.211. The molecular weight excluding hydrogens is 276 g/mol. The summed E-state index contributed by atoms with van der Waals surface area (Å²) in [6.45, 7) is 6.61. The second kappa shape index (κ2) is 5.12. The van der Waals surface area contributed by atoms with Crippen molar-refractivity contribution in [2.75, 3.05) is 0 Å². The molecule has 3 aromatic rings. The predicted molar refractivity (Wildman–Crippen MR) is 92.2 cm³/mol. The van der Waals surface area contributed by atoms with Crippen LogP contribution in [0.15, 0.2) is 59.4 Å². The van der Waals surface area contributed by atoms with Crippen molar-refractivity contribution in [1.29, 1.82) is 0 Å². The lowest BCUT2D eigenvalue weighted by molar-refractivity contribution is 0.590. The highest BCUT2D eigenvalue weighted by Crippen LogP contribution is 2.30. The summed E-state index contributed by atoms with van der Waals surface area (Å²) in [6.07, 6.45) is 0. The van der Waals surface area contributed by atoms with Crippen LogP contribution in [0.3, 0.4) is 0 Å². The molecule has 2 aromatic carbocycles. The van der Waals surface area contributed by atoms with E-state index in [2.05, 4.69) is 45.0 Å². The average Bonchev–Trinajstić information content (AvgIpc) is 2.46. The summed E-state index contributed by atoms with van der Waals surface area (Å²) in [6, 6.07) is 18.1. The Morgan fingerprint density at radius 1 is 0.905 bits per heavy atom. The van der Waals surface area contributed by atoms with E-state index < -0.39 is 0 Å². The molecule has 0 saturated heterocycles. The molecule has 0 saturated carbocycles. The first-order chi connectivity index (χ1) is 9.95. The Labute approximate surface area is 128 Å². The Balaban J connectivity index is 2.10. The molecule has 0 radical (unpaired) electrons. The number of benzene rings is 2. The lowest BCUT2D eigenvalue weighted by Gasteiger charge is -2.19. The molecule has 0 aliphatic rings. The van der Waals surface area contributed by atoms with Gasteiger partial charge in [0.2, 0.25) is 0 Å². The first kappa shape index (κ1) is 14.0. The van der Waals surface area contributed by atoms with Crippen molar-refractivity contribution in [3.8, 4) is 10.4 Å².